The minimum absolute atomic E-state index is 0.0770. The third kappa shape index (κ3) is 2.46. The van der Waals surface area contributed by atoms with Crippen LogP contribution >= 0.6 is 0 Å². The molecule has 4 atom stereocenters. The van der Waals surface area contributed by atoms with Crippen molar-refractivity contribution >= 4 is 0 Å². The van der Waals surface area contributed by atoms with Gasteiger partial charge in [0, 0.05) is 0 Å². The summed E-state index contributed by atoms with van der Waals surface area (Å²) in [6.07, 6.45) is 8.14. The van der Waals surface area contributed by atoms with Crippen molar-refractivity contribution in [3.8, 4) is 0 Å². The third-order valence-corrected chi connectivity index (χ3v) is 5.20. The Labute approximate surface area is 110 Å². The van der Waals surface area contributed by atoms with E-state index >= 15 is 0 Å². The van der Waals surface area contributed by atoms with Gasteiger partial charge in [0.15, 0.2) is 0 Å². The second kappa shape index (κ2) is 5.03. The van der Waals surface area contributed by atoms with Crippen LogP contribution in [0.4, 0.5) is 4.39 Å². The van der Waals surface area contributed by atoms with Crippen molar-refractivity contribution in [2.24, 2.45) is 17.8 Å². The Morgan fingerprint density at radius 3 is 2.61 bits per heavy atom. The highest BCUT2D eigenvalue weighted by atomic mass is 19.1. The maximum absolute atomic E-state index is 13.3. The van der Waals surface area contributed by atoms with E-state index in [1.807, 2.05) is 6.07 Å². The molecule has 1 aromatic rings. The molecular weight excluding hydrogens is 223 g/mol. The molecule has 18 heavy (non-hydrogen) atoms. The van der Waals surface area contributed by atoms with Gasteiger partial charge < -0.3 is 0 Å². The molecule has 2 aliphatic rings. The maximum atomic E-state index is 13.3. The lowest BCUT2D eigenvalue weighted by Crippen LogP contribution is -2.29. The molecule has 0 saturated heterocycles. The molecule has 1 aromatic carbocycles. The second-order valence-electron chi connectivity index (χ2n) is 6.50. The first-order valence-corrected chi connectivity index (χ1v) is 7.48. The fourth-order valence-electron chi connectivity index (χ4n) is 4.19. The van der Waals surface area contributed by atoms with Gasteiger partial charge in [0.1, 0.15) is 5.82 Å². The summed E-state index contributed by atoms with van der Waals surface area (Å²) >= 11 is 0. The molecule has 0 radical (unpaired) electrons. The van der Waals surface area contributed by atoms with Crippen LogP contribution in [0.5, 0.6) is 0 Å². The molecule has 2 fully saturated rings. The Balaban J connectivity index is 1.70. The topological polar surface area (TPSA) is 0 Å². The lowest BCUT2D eigenvalue weighted by atomic mass is 9.64. The average Bonchev–Trinajstić information content (AvgIpc) is 2.38. The third-order valence-electron chi connectivity index (χ3n) is 5.20. The Morgan fingerprint density at radius 2 is 1.78 bits per heavy atom. The van der Waals surface area contributed by atoms with Gasteiger partial charge in [0.2, 0.25) is 0 Å². The first-order chi connectivity index (χ1) is 8.72. The summed E-state index contributed by atoms with van der Waals surface area (Å²) in [4.78, 5) is 0. The van der Waals surface area contributed by atoms with E-state index in [2.05, 4.69) is 13.0 Å². The number of benzene rings is 1. The largest absolute Gasteiger partial charge is 0.207 e. The number of fused-ring (bicyclic) bond motifs is 1. The van der Waals surface area contributed by atoms with E-state index < -0.39 is 0 Å². The highest BCUT2D eigenvalue weighted by Crippen LogP contribution is 2.47. The zero-order chi connectivity index (χ0) is 12.5. The number of halogens is 1. The Kier molecular flexibility index (Phi) is 3.41. The van der Waals surface area contributed by atoms with E-state index in [-0.39, 0.29) is 5.82 Å². The molecule has 1 heteroatoms. The standard InChI is InChI=1S/C17H23F/c1-12-5-6-15-10-16(8-7-14(15)9-12)13-3-2-4-17(18)11-13/h2-4,11-12,14-16H,5-10H2,1H3/t12?,14-,15-,16-/m1/s1. The van der Waals surface area contributed by atoms with Crippen molar-refractivity contribution in [2.75, 3.05) is 0 Å². The summed E-state index contributed by atoms with van der Waals surface area (Å²) in [7, 11) is 0. The summed E-state index contributed by atoms with van der Waals surface area (Å²) in [6.45, 7) is 2.40. The molecule has 2 saturated carbocycles. The summed E-state index contributed by atoms with van der Waals surface area (Å²) < 4.78 is 13.3. The van der Waals surface area contributed by atoms with Gasteiger partial charge in [-0.3, -0.25) is 0 Å². The monoisotopic (exact) mass is 246 g/mol. The van der Waals surface area contributed by atoms with Crippen LogP contribution in [0.2, 0.25) is 0 Å². The van der Waals surface area contributed by atoms with E-state index in [0.29, 0.717) is 5.92 Å². The van der Waals surface area contributed by atoms with Gasteiger partial charge in [-0.05, 0) is 73.5 Å². The fourth-order valence-corrected chi connectivity index (χ4v) is 4.19. The predicted molar refractivity (Wildman–Crippen MR) is 73.0 cm³/mol. The Bertz CT molecular complexity index is 412. The highest BCUT2D eigenvalue weighted by molar-refractivity contribution is 5.21. The van der Waals surface area contributed by atoms with E-state index in [1.54, 1.807) is 12.1 Å². The van der Waals surface area contributed by atoms with Gasteiger partial charge in [-0.1, -0.05) is 25.5 Å². The minimum Gasteiger partial charge on any atom is -0.207 e. The fraction of sp³-hybridized carbons (Fsp3) is 0.647. The van der Waals surface area contributed by atoms with Crippen molar-refractivity contribution in [1.29, 1.82) is 0 Å². The average molecular weight is 246 g/mol. The first-order valence-electron chi connectivity index (χ1n) is 7.48. The van der Waals surface area contributed by atoms with Gasteiger partial charge in [-0.2, -0.15) is 0 Å². The normalized spacial score (nSPS) is 36.1. The number of hydrogen-bond acceptors (Lipinski definition) is 0. The molecule has 0 bridgehead atoms. The summed E-state index contributed by atoms with van der Waals surface area (Å²) in [6, 6.07) is 7.27. The minimum atomic E-state index is -0.0770. The van der Waals surface area contributed by atoms with Crippen molar-refractivity contribution in [2.45, 2.75) is 51.4 Å². The van der Waals surface area contributed by atoms with Crippen LogP contribution < -0.4 is 0 Å². The molecule has 0 nitrogen and oxygen atoms in total. The Hall–Kier alpha value is -0.850. The molecule has 0 N–H and O–H groups in total. The Morgan fingerprint density at radius 1 is 1.00 bits per heavy atom. The zero-order valence-corrected chi connectivity index (χ0v) is 11.2. The first kappa shape index (κ1) is 12.2. The summed E-state index contributed by atoms with van der Waals surface area (Å²) in [5.74, 6) is 3.32. The van der Waals surface area contributed by atoms with Crippen molar-refractivity contribution in [1.82, 2.24) is 0 Å². The van der Waals surface area contributed by atoms with Crippen LogP contribution in [-0.4, -0.2) is 0 Å². The van der Waals surface area contributed by atoms with Crippen LogP contribution in [0.3, 0.4) is 0 Å². The van der Waals surface area contributed by atoms with Gasteiger partial charge in [0.25, 0.3) is 0 Å². The molecule has 0 amide bonds. The van der Waals surface area contributed by atoms with Crippen molar-refractivity contribution in [3.05, 3.63) is 35.6 Å². The molecule has 0 aliphatic heterocycles. The van der Waals surface area contributed by atoms with Crippen LogP contribution in [0.15, 0.2) is 24.3 Å². The van der Waals surface area contributed by atoms with E-state index in [1.165, 1.54) is 44.1 Å². The number of rotatable bonds is 1. The van der Waals surface area contributed by atoms with E-state index in [4.69, 9.17) is 0 Å². The van der Waals surface area contributed by atoms with Crippen LogP contribution in [0.1, 0.15) is 56.9 Å². The SMILES string of the molecule is CC1CC[C@@H]2C[C@H](c3cccc(F)c3)CC[C@@H]2C1. The lowest BCUT2D eigenvalue weighted by molar-refractivity contribution is 0.124. The van der Waals surface area contributed by atoms with E-state index in [0.717, 1.165) is 17.8 Å². The molecular formula is C17H23F. The molecule has 3 rings (SSSR count). The van der Waals surface area contributed by atoms with Crippen LogP contribution in [0, 0.1) is 23.6 Å². The molecule has 0 aromatic heterocycles. The van der Waals surface area contributed by atoms with Gasteiger partial charge in [-0.25, -0.2) is 4.39 Å². The summed E-state index contributed by atoms with van der Waals surface area (Å²) in [5, 5.41) is 0. The van der Waals surface area contributed by atoms with E-state index in [9.17, 15) is 4.39 Å². The van der Waals surface area contributed by atoms with Crippen molar-refractivity contribution < 1.29 is 4.39 Å². The summed E-state index contributed by atoms with van der Waals surface area (Å²) in [5.41, 5.74) is 1.23. The van der Waals surface area contributed by atoms with Crippen LogP contribution in [0.25, 0.3) is 0 Å². The quantitative estimate of drug-likeness (QED) is 0.643. The van der Waals surface area contributed by atoms with Gasteiger partial charge in [-0.15, -0.1) is 0 Å². The second-order valence-corrected chi connectivity index (χ2v) is 6.50. The molecule has 98 valence electrons. The smallest absolute Gasteiger partial charge is 0.123 e. The highest BCUT2D eigenvalue weighted by Gasteiger charge is 2.34. The van der Waals surface area contributed by atoms with Crippen molar-refractivity contribution in [3.63, 3.8) is 0 Å². The van der Waals surface area contributed by atoms with Crippen LogP contribution in [-0.2, 0) is 0 Å². The molecule has 2 aliphatic carbocycles. The molecule has 1 unspecified atom stereocenters. The molecule has 0 spiro atoms. The maximum Gasteiger partial charge on any atom is 0.123 e. The van der Waals surface area contributed by atoms with Gasteiger partial charge >= 0.3 is 0 Å². The zero-order valence-electron chi connectivity index (χ0n) is 11.2. The predicted octanol–water partition coefficient (Wildman–Crippen LogP) is 5.15. The number of hydrogen-bond donors (Lipinski definition) is 0. The van der Waals surface area contributed by atoms with Gasteiger partial charge in [0.05, 0.1) is 0 Å². The lowest BCUT2D eigenvalue weighted by Gasteiger charge is -2.41. The molecule has 0 heterocycles.